The van der Waals surface area contributed by atoms with Gasteiger partial charge in [0.1, 0.15) is 0 Å². The van der Waals surface area contributed by atoms with Gasteiger partial charge in [-0.2, -0.15) is 0 Å². The van der Waals surface area contributed by atoms with Crippen molar-refractivity contribution in [1.82, 2.24) is 0 Å². The van der Waals surface area contributed by atoms with Gasteiger partial charge in [0.15, 0.2) is 0 Å². The van der Waals surface area contributed by atoms with Crippen molar-refractivity contribution in [2.45, 2.75) is 31.1 Å². The second-order valence-electron chi connectivity index (χ2n) is 16.6. The van der Waals surface area contributed by atoms with E-state index in [0.717, 1.165) is 24.2 Å². The molecule has 0 atom stereocenters. The van der Waals surface area contributed by atoms with Crippen LogP contribution in [0.15, 0.2) is 212 Å². The van der Waals surface area contributed by atoms with Gasteiger partial charge in [0.05, 0.1) is 11.1 Å². The molecule has 0 saturated heterocycles. The Kier molecular flexibility index (Phi) is 8.10. The zero-order chi connectivity index (χ0) is 39.6. The average molecular weight is 766 g/mol. The van der Waals surface area contributed by atoms with Crippen LogP contribution >= 0.6 is 0 Å². The molecule has 1 heteroatoms. The predicted octanol–water partition coefficient (Wildman–Crippen LogP) is 15.4. The van der Waals surface area contributed by atoms with Crippen molar-refractivity contribution in [3.63, 3.8) is 0 Å². The summed E-state index contributed by atoms with van der Waals surface area (Å²) in [7, 11) is 0. The van der Waals surface area contributed by atoms with Gasteiger partial charge in [0.2, 0.25) is 0 Å². The van der Waals surface area contributed by atoms with Crippen LogP contribution in [0.4, 0.5) is 17.1 Å². The molecule has 3 aliphatic rings. The number of aryl methyl sites for hydroxylation is 1. The Labute approximate surface area is 352 Å². The number of hydrogen-bond acceptors (Lipinski definition) is 1. The summed E-state index contributed by atoms with van der Waals surface area (Å²) in [6.45, 7) is 0. The Morgan fingerprint density at radius 3 is 1.32 bits per heavy atom. The highest BCUT2D eigenvalue weighted by atomic mass is 15.1. The molecule has 1 spiro atoms. The number of fused-ring (bicyclic) bond motifs is 11. The summed E-state index contributed by atoms with van der Waals surface area (Å²) in [5.41, 5.74) is 24.2. The van der Waals surface area contributed by atoms with E-state index in [-0.39, 0.29) is 0 Å². The van der Waals surface area contributed by atoms with Crippen molar-refractivity contribution in [3.05, 3.63) is 246 Å². The summed E-state index contributed by atoms with van der Waals surface area (Å²) in [6.07, 6.45) is 4.70. The fourth-order valence-electron chi connectivity index (χ4n) is 10.9. The van der Waals surface area contributed by atoms with Gasteiger partial charge in [-0.25, -0.2) is 0 Å². The lowest BCUT2D eigenvalue weighted by atomic mass is 9.70. The van der Waals surface area contributed by atoms with Gasteiger partial charge in [-0.05, 0) is 146 Å². The summed E-state index contributed by atoms with van der Waals surface area (Å²) < 4.78 is 0. The molecule has 0 N–H and O–H groups in total. The van der Waals surface area contributed by atoms with Gasteiger partial charge < -0.3 is 4.90 Å². The molecule has 0 radical (unpaired) electrons. The Morgan fingerprint density at radius 2 is 0.767 bits per heavy atom. The molecule has 12 rings (SSSR count). The lowest BCUT2D eigenvalue weighted by Gasteiger charge is -2.34. The van der Waals surface area contributed by atoms with E-state index in [4.69, 9.17) is 0 Å². The molecule has 0 bridgehead atoms. The molecule has 3 aliphatic carbocycles. The van der Waals surface area contributed by atoms with E-state index in [9.17, 15) is 0 Å². The minimum absolute atomic E-state index is 0.456. The second kappa shape index (κ2) is 14.0. The first-order chi connectivity index (χ1) is 29.8. The first kappa shape index (κ1) is 34.8. The first-order valence-corrected chi connectivity index (χ1v) is 21.5. The van der Waals surface area contributed by atoms with Crippen molar-refractivity contribution in [2.75, 3.05) is 4.90 Å². The lowest BCUT2D eigenvalue weighted by Crippen LogP contribution is -2.26. The van der Waals surface area contributed by atoms with Gasteiger partial charge >= 0.3 is 0 Å². The highest BCUT2D eigenvalue weighted by Crippen LogP contribution is 2.64. The summed E-state index contributed by atoms with van der Waals surface area (Å²) in [5.74, 6) is 0. The molecule has 0 aliphatic heterocycles. The third kappa shape index (κ3) is 5.25. The molecule has 0 amide bonds. The largest absolute Gasteiger partial charge is 0.310 e. The lowest BCUT2D eigenvalue weighted by molar-refractivity contribution is 0.687. The molecule has 0 aromatic heterocycles. The van der Waals surface area contributed by atoms with Crippen LogP contribution in [-0.2, 0) is 18.3 Å². The van der Waals surface area contributed by atoms with Crippen LogP contribution in [0, 0.1) is 0 Å². The standard InChI is InChI=1S/C59H43N/c1-3-16-40(17-4-1)42-30-34-45(35-31-42)60(46-36-32-43(33-37-46)41-18-5-2-6-19-41)58-39-57-52(38-53(58)48-26-15-21-44-20-7-8-22-47(44)48)51-25-11-14-29-56(51)59(57)54-27-12-9-23-49(54)50-24-10-13-28-55(50)59/h1-6,9-19,21,23-39H,7-8,20,22H2. The van der Waals surface area contributed by atoms with E-state index < -0.39 is 5.41 Å². The quantitative estimate of drug-likeness (QED) is 0.163. The zero-order valence-electron chi connectivity index (χ0n) is 33.5. The minimum Gasteiger partial charge on any atom is -0.310 e. The number of anilines is 3. The van der Waals surface area contributed by atoms with Gasteiger partial charge in [-0.1, -0.05) is 176 Å². The maximum absolute atomic E-state index is 2.59. The van der Waals surface area contributed by atoms with Crippen LogP contribution < -0.4 is 4.90 Å². The van der Waals surface area contributed by atoms with Crippen molar-refractivity contribution >= 4 is 17.1 Å². The van der Waals surface area contributed by atoms with Gasteiger partial charge in [0, 0.05) is 16.9 Å². The molecule has 1 nitrogen and oxygen atoms in total. The van der Waals surface area contributed by atoms with Gasteiger partial charge in [-0.3, -0.25) is 0 Å². The van der Waals surface area contributed by atoms with Crippen LogP contribution in [0.3, 0.4) is 0 Å². The molecule has 0 fully saturated rings. The number of benzene rings is 9. The van der Waals surface area contributed by atoms with Gasteiger partial charge in [-0.15, -0.1) is 0 Å². The maximum atomic E-state index is 2.59. The zero-order valence-corrected chi connectivity index (χ0v) is 33.5. The topological polar surface area (TPSA) is 3.24 Å². The fraction of sp³-hybridized carbons (Fsp3) is 0.0847. The number of nitrogens with zero attached hydrogens (tertiary/aromatic N) is 1. The highest BCUT2D eigenvalue weighted by molar-refractivity contribution is 6.00. The smallest absolute Gasteiger partial charge is 0.0726 e. The van der Waals surface area contributed by atoms with E-state index in [1.165, 1.54) is 108 Å². The van der Waals surface area contributed by atoms with Crippen molar-refractivity contribution in [2.24, 2.45) is 0 Å². The Hall–Kier alpha value is -7.22. The number of hydrogen-bond donors (Lipinski definition) is 0. The minimum atomic E-state index is -0.456. The fourth-order valence-corrected chi connectivity index (χ4v) is 10.9. The van der Waals surface area contributed by atoms with Crippen LogP contribution in [0.25, 0.3) is 55.6 Å². The molecule has 284 valence electrons. The van der Waals surface area contributed by atoms with E-state index in [1.807, 2.05) is 0 Å². The van der Waals surface area contributed by atoms with Crippen LogP contribution in [0.1, 0.15) is 46.2 Å². The predicted molar refractivity (Wildman–Crippen MR) is 250 cm³/mol. The molecule has 60 heavy (non-hydrogen) atoms. The van der Waals surface area contributed by atoms with Gasteiger partial charge in [0.25, 0.3) is 0 Å². The average Bonchev–Trinajstić information content (AvgIpc) is 3.79. The van der Waals surface area contributed by atoms with Crippen LogP contribution in [0.2, 0.25) is 0 Å². The van der Waals surface area contributed by atoms with Crippen LogP contribution in [0.5, 0.6) is 0 Å². The van der Waals surface area contributed by atoms with Crippen molar-refractivity contribution < 1.29 is 0 Å². The van der Waals surface area contributed by atoms with E-state index >= 15 is 0 Å². The monoisotopic (exact) mass is 765 g/mol. The third-order valence-electron chi connectivity index (χ3n) is 13.5. The Morgan fingerprint density at radius 1 is 0.317 bits per heavy atom. The molecule has 0 unspecified atom stereocenters. The molecule has 9 aromatic carbocycles. The van der Waals surface area contributed by atoms with Crippen LogP contribution in [-0.4, -0.2) is 0 Å². The molecular formula is C59H43N. The second-order valence-corrected chi connectivity index (χ2v) is 16.6. The van der Waals surface area contributed by atoms with E-state index in [0.29, 0.717) is 0 Å². The Balaban J connectivity index is 1.17. The van der Waals surface area contributed by atoms with Crippen molar-refractivity contribution in [3.8, 4) is 55.6 Å². The third-order valence-corrected chi connectivity index (χ3v) is 13.5. The van der Waals surface area contributed by atoms with E-state index in [1.54, 1.807) is 0 Å². The number of rotatable bonds is 6. The van der Waals surface area contributed by atoms with E-state index in [2.05, 4.69) is 217 Å². The SMILES string of the molecule is c1ccc(-c2ccc(N(c3ccc(-c4ccccc4)cc3)c3cc4c(cc3-c3cccc5c3CCCC5)-c3ccccc3C43c4ccccc4-c4ccccc43)cc2)cc1. The molecule has 0 saturated carbocycles. The summed E-state index contributed by atoms with van der Waals surface area (Å²) in [5, 5.41) is 0. The molecule has 0 heterocycles. The molecular weight excluding hydrogens is 723 g/mol. The summed E-state index contributed by atoms with van der Waals surface area (Å²) in [4.78, 5) is 2.53. The maximum Gasteiger partial charge on any atom is 0.0726 e. The van der Waals surface area contributed by atoms with Crippen molar-refractivity contribution in [1.29, 1.82) is 0 Å². The normalized spacial score (nSPS) is 13.9. The highest BCUT2D eigenvalue weighted by Gasteiger charge is 2.52. The molecule has 9 aromatic rings. The first-order valence-electron chi connectivity index (χ1n) is 21.5. The summed E-state index contributed by atoms with van der Waals surface area (Å²) in [6, 6.07) is 79.5. The Bertz CT molecular complexity index is 2940. The summed E-state index contributed by atoms with van der Waals surface area (Å²) >= 11 is 0.